The normalized spacial score (nSPS) is 17.1. The van der Waals surface area contributed by atoms with E-state index < -0.39 is 22.9 Å². The van der Waals surface area contributed by atoms with Crippen molar-refractivity contribution >= 4 is 17.5 Å². The second-order valence-corrected chi connectivity index (χ2v) is 10.7. The minimum atomic E-state index is -0.926. The summed E-state index contributed by atoms with van der Waals surface area (Å²) in [6, 6.07) is 5.24. The summed E-state index contributed by atoms with van der Waals surface area (Å²) >= 11 is 6.76. The van der Waals surface area contributed by atoms with Crippen LogP contribution in [0.3, 0.4) is 0 Å². The average Bonchev–Trinajstić information content (AvgIpc) is 3.12. The molecular weight excluding hydrogens is 540 g/mol. The largest absolute Gasteiger partial charge is 0.507 e. The second-order valence-electron chi connectivity index (χ2n) is 10.3. The summed E-state index contributed by atoms with van der Waals surface area (Å²) in [4.78, 5) is 20.5. The molecule has 0 spiro atoms. The Morgan fingerprint density at radius 1 is 1.25 bits per heavy atom. The third-order valence-corrected chi connectivity index (χ3v) is 7.74. The first-order valence-corrected chi connectivity index (χ1v) is 13.4. The number of phenols is 1. The number of carbonyl (C=O) groups is 1. The quantitative estimate of drug-likeness (QED) is 0.369. The van der Waals surface area contributed by atoms with Crippen LogP contribution >= 0.6 is 11.6 Å². The highest BCUT2D eigenvalue weighted by molar-refractivity contribution is 6.35. The Labute approximate surface area is 236 Å². The number of halogens is 3. The number of carbonyl (C=O) groups excluding carboxylic acids is 1. The van der Waals surface area contributed by atoms with Gasteiger partial charge in [0.2, 0.25) is 5.91 Å². The van der Waals surface area contributed by atoms with Crippen LogP contribution < -0.4 is 9.47 Å². The van der Waals surface area contributed by atoms with Crippen LogP contribution in [0.4, 0.5) is 8.78 Å². The Kier molecular flexibility index (Phi) is 7.70. The van der Waals surface area contributed by atoms with Gasteiger partial charge in [0.15, 0.2) is 17.3 Å². The molecule has 3 heterocycles. The molecule has 0 aliphatic carbocycles. The highest BCUT2D eigenvalue weighted by atomic mass is 35.5. The van der Waals surface area contributed by atoms with Gasteiger partial charge < -0.3 is 19.5 Å². The first-order chi connectivity index (χ1) is 19.1. The van der Waals surface area contributed by atoms with Crippen molar-refractivity contribution in [2.45, 2.75) is 39.3 Å². The number of aromatic nitrogens is 1. The number of aryl methyl sites for hydroxylation is 1. The monoisotopic (exact) mass is 569 g/mol. The molecule has 3 aromatic rings. The molecular formula is C30H30ClF2N3O4. The number of hydrogen-bond donors (Lipinski definition) is 1. The van der Waals surface area contributed by atoms with E-state index in [1.165, 1.54) is 18.2 Å². The predicted molar refractivity (Wildman–Crippen MR) is 148 cm³/mol. The van der Waals surface area contributed by atoms with Gasteiger partial charge in [-0.05, 0) is 42.7 Å². The van der Waals surface area contributed by atoms with Crippen molar-refractivity contribution in [2.75, 3.05) is 26.2 Å². The molecule has 5 rings (SSSR count). The van der Waals surface area contributed by atoms with Crippen molar-refractivity contribution in [1.82, 2.24) is 14.8 Å². The number of pyridine rings is 1. The zero-order chi connectivity index (χ0) is 28.7. The molecule has 40 heavy (non-hydrogen) atoms. The van der Waals surface area contributed by atoms with Gasteiger partial charge in [-0.25, -0.2) is 8.78 Å². The van der Waals surface area contributed by atoms with E-state index in [0.29, 0.717) is 36.6 Å². The van der Waals surface area contributed by atoms with Crippen LogP contribution in [0.2, 0.25) is 5.02 Å². The number of fused-ring (bicyclic) bond motifs is 2. The van der Waals surface area contributed by atoms with Crippen LogP contribution in [0, 0.1) is 18.6 Å². The fraction of sp³-hybridized carbons (Fsp3) is 0.333. The SMILES string of the molecule is C=CC(=O)N1CCN2Cc3c(Oc4c(C)ccnc4C(C)C)c(F)c(-c4c(O)cccc4F)c(Cl)c3OC[C@@H]2C1. The number of nitrogens with zero attached hydrogens (tertiary/aromatic N) is 3. The van der Waals surface area contributed by atoms with Crippen molar-refractivity contribution in [2.24, 2.45) is 0 Å². The van der Waals surface area contributed by atoms with Crippen molar-refractivity contribution < 1.29 is 28.2 Å². The van der Waals surface area contributed by atoms with E-state index in [9.17, 15) is 9.90 Å². The van der Waals surface area contributed by atoms with E-state index >= 15 is 8.78 Å². The number of aromatic hydroxyl groups is 1. The van der Waals surface area contributed by atoms with Gasteiger partial charge in [-0.15, -0.1) is 0 Å². The van der Waals surface area contributed by atoms with Gasteiger partial charge in [-0.2, -0.15) is 0 Å². The zero-order valence-corrected chi connectivity index (χ0v) is 23.3. The van der Waals surface area contributed by atoms with E-state index in [0.717, 1.165) is 11.6 Å². The molecule has 0 bridgehead atoms. The zero-order valence-electron chi connectivity index (χ0n) is 22.5. The van der Waals surface area contributed by atoms with Crippen LogP contribution in [0.15, 0.2) is 43.1 Å². The highest BCUT2D eigenvalue weighted by Gasteiger charge is 2.37. The number of ether oxygens (including phenoxy) is 2. The van der Waals surface area contributed by atoms with E-state index in [4.69, 9.17) is 21.1 Å². The Hall–Kier alpha value is -3.69. The summed E-state index contributed by atoms with van der Waals surface area (Å²) in [6.45, 7) is 11.0. The number of phenolic OH excluding ortho intramolecular Hbond substituents is 1. The van der Waals surface area contributed by atoms with Gasteiger partial charge in [0.05, 0.1) is 33.4 Å². The van der Waals surface area contributed by atoms with Crippen molar-refractivity contribution in [3.8, 4) is 34.1 Å². The summed E-state index contributed by atoms with van der Waals surface area (Å²) in [5.41, 5.74) is 0.967. The van der Waals surface area contributed by atoms with Crippen molar-refractivity contribution in [3.05, 3.63) is 76.6 Å². The van der Waals surface area contributed by atoms with E-state index in [1.54, 1.807) is 17.2 Å². The molecule has 2 aromatic carbocycles. The lowest BCUT2D eigenvalue weighted by Gasteiger charge is -2.39. The van der Waals surface area contributed by atoms with Gasteiger partial charge in [0.1, 0.15) is 23.9 Å². The molecule has 1 N–H and O–H groups in total. The van der Waals surface area contributed by atoms with E-state index in [1.807, 2.05) is 20.8 Å². The highest BCUT2D eigenvalue weighted by Crippen LogP contribution is 2.51. The fourth-order valence-electron chi connectivity index (χ4n) is 5.25. The minimum absolute atomic E-state index is 0.0324. The molecule has 1 atom stereocenters. The standard InChI is InChI=1S/C30H30ClF2N3O4/c1-5-22(38)36-12-11-35-14-19-29(39-15-18(35)13-36)25(31)24(23-20(32)7-6-8-21(23)37)26(33)30(19)40-28-17(4)9-10-34-27(28)16(2)3/h5-10,16,18,37H,1,11-15H2,2-4H3/t18-/m0/s1. The Balaban J connectivity index is 1.70. The molecule has 2 aliphatic rings. The topological polar surface area (TPSA) is 75.1 Å². The third-order valence-electron chi connectivity index (χ3n) is 7.38. The fourth-order valence-corrected chi connectivity index (χ4v) is 5.60. The smallest absolute Gasteiger partial charge is 0.246 e. The molecule has 1 aromatic heterocycles. The number of benzene rings is 2. The van der Waals surface area contributed by atoms with E-state index in [-0.39, 0.29) is 53.1 Å². The summed E-state index contributed by atoms with van der Waals surface area (Å²) in [5.74, 6) is -2.13. The number of piperazine rings is 1. The van der Waals surface area contributed by atoms with Gasteiger partial charge in [-0.3, -0.25) is 14.7 Å². The molecule has 1 fully saturated rings. The maximum absolute atomic E-state index is 16.6. The molecule has 1 saturated heterocycles. The van der Waals surface area contributed by atoms with Gasteiger partial charge in [0.25, 0.3) is 0 Å². The first kappa shape index (κ1) is 27.9. The summed E-state index contributed by atoms with van der Waals surface area (Å²) in [5, 5.41) is 10.4. The molecule has 2 aliphatic heterocycles. The molecule has 0 radical (unpaired) electrons. The maximum atomic E-state index is 16.6. The maximum Gasteiger partial charge on any atom is 0.246 e. The minimum Gasteiger partial charge on any atom is -0.507 e. The van der Waals surface area contributed by atoms with Crippen LogP contribution in [0.25, 0.3) is 11.1 Å². The Morgan fingerprint density at radius 3 is 2.73 bits per heavy atom. The van der Waals surface area contributed by atoms with Crippen LogP contribution in [-0.2, 0) is 11.3 Å². The molecule has 1 amide bonds. The number of rotatable bonds is 5. The number of amides is 1. The van der Waals surface area contributed by atoms with E-state index in [2.05, 4.69) is 16.5 Å². The lowest BCUT2D eigenvalue weighted by atomic mass is 9.98. The van der Waals surface area contributed by atoms with Gasteiger partial charge in [-0.1, -0.05) is 38.1 Å². The Bertz CT molecular complexity index is 1480. The average molecular weight is 570 g/mol. The first-order valence-electron chi connectivity index (χ1n) is 13.1. The Morgan fingerprint density at radius 2 is 2.02 bits per heavy atom. The third kappa shape index (κ3) is 4.88. The molecule has 0 saturated carbocycles. The predicted octanol–water partition coefficient (Wildman–Crippen LogP) is 6.20. The lowest BCUT2D eigenvalue weighted by Crippen LogP contribution is -2.55. The number of hydrogen-bond acceptors (Lipinski definition) is 6. The van der Waals surface area contributed by atoms with Crippen LogP contribution in [0.1, 0.15) is 36.6 Å². The van der Waals surface area contributed by atoms with Crippen LogP contribution in [-0.4, -0.2) is 58.1 Å². The van der Waals surface area contributed by atoms with Gasteiger partial charge >= 0.3 is 0 Å². The molecule has 10 heteroatoms. The molecule has 7 nitrogen and oxygen atoms in total. The lowest BCUT2D eigenvalue weighted by molar-refractivity contribution is -0.129. The van der Waals surface area contributed by atoms with Gasteiger partial charge in [0, 0.05) is 32.4 Å². The molecule has 210 valence electrons. The van der Waals surface area contributed by atoms with Crippen molar-refractivity contribution in [1.29, 1.82) is 0 Å². The second kappa shape index (κ2) is 11.1. The van der Waals surface area contributed by atoms with Crippen molar-refractivity contribution in [3.63, 3.8) is 0 Å². The molecule has 0 unspecified atom stereocenters. The van der Waals surface area contributed by atoms with Crippen LogP contribution in [0.5, 0.6) is 23.0 Å². The summed E-state index contributed by atoms with van der Waals surface area (Å²) in [7, 11) is 0. The summed E-state index contributed by atoms with van der Waals surface area (Å²) < 4.78 is 44.3. The summed E-state index contributed by atoms with van der Waals surface area (Å²) in [6.07, 6.45) is 2.94.